The highest BCUT2D eigenvalue weighted by molar-refractivity contribution is 5.64. The molecule has 0 bridgehead atoms. The summed E-state index contributed by atoms with van der Waals surface area (Å²) >= 11 is 0. The van der Waals surface area contributed by atoms with Crippen molar-refractivity contribution in [1.29, 1.82) is 5.26 Å². The zero-order chi connectivity index (χ0) is 11.0. The number of rotatable bonds is 1. The summed E-state index contributed by atoms with van der Waals surface area (Å²) in [4.78, 5) is 4.27. The van der Waals surface area contributed by atoms with Gasteiger partial charge >= 0.3 is 0 Å². The normalized spacial score (nSPS) is 10.9. The van der Waals surface area contributed by atoms with Gasteiger partial charge in [-0.2, -0.15) is 10.4 Å². The smallest absolute Gasteiger partial charge is 0.136 e. The van der Waals surface area contributed by atoms with E-state index in [1.807, 2.05) is 6.92 Å². The minimum Gasteiger partial charge on any atom is -0.237 e. The quantitative estimate of drug-likeness (QED) is 0.707. The van der Waals surface area contributed by atoms with Gasteiger partial charge in [0, 0.05) is 6.20 Å². The van der Waals surface area contributed by atoms with Crippen molar-refractivity contribution >= 4 is 5.52 Å². The van der Waals surface area contributed by atoms with Gasteiger partial charge < -0.3 is 0 Å². The van der Waals surface area contributed by atoms with Gasteiger partial charge in [-0.3, -0.25) is 0 Å². The molecule has 0 N–H and O–H groups in total. The van der Waals surface area contributed by atoms with Crippen LogP contribution in [0.1, 0.15) is 36.6 Å². The average Bonchev–Trinajstić information content (AvgIpc) is 2.55. The number of aromatic nitrogens is 3. The summed E-state index contributed by atoms with van der Waals surface area (Å²) in [7, 11) is 0. The van der Waals surface area contributed by atoms with Gasteiger partial charge in [-0.05, 0) is 18.4 Å². The Balaban J connectivity index is 2.86. The molecule has 0 aliphatic heterocycles. The maximum Gasteiger partial charge on any atom is 0.136 e. The number of hydrogen-bond acceptors (Lipinski definition) is 3. The molecule has 0 aromatic carbocycles. The van der Waals surface area contributed by atoms with Crippen molar-refractivity contribution in [3.05, 3.63) is 29.3 Å². The first kappa shape index (κ1) is 9.66. The lowest BCUT2D eigenvalue weighted by molar-refractivity contribution is 0.785. The summed E-state index contributed by atoms with van der Waals surface area (Å²) in [6, 6.07) is 2.16. The molecule has 4 nitrogen and oxygen atoms in total. The van der Waals surface area contributed by atoms with E-state index >= 15 is 0 Å². The first-order valence-electron chi connectivity index (χ1n) is 4.88. The zero-order valence-corrected chi connectivity index (χ0v) is 9.02. The Morgan fingerprint density at radius 2 is 2.20 bits per heavy atom. The van der Waals surface area contributed by atoms with Crippen molar-refractivity contribution in [2.24, 2.45) is 0 Å². The summed E-state index contributed by atoms with van der Waals surface area (Å²) in [6.07, 6.45) is 3.28. The van der Waals surface area contributed by atoms with Crippen LogP contribution in [0.3, 0.4) is 0 Å². The molecule has 0 saturated carbocycles. The van der Waals surface area contributed by atoms with Gasteiger partial charge in [0.05, 0.1) is 16.8 Å². The first-order valence-corrected chi connectivity index (χ1v) is 4.88. The van der Waals surface area contributed by atoms with Crippen molar-refractivity contribution in [1.82, 2.24) is 14.6 Å². The van der Waals surface area contributed by atoms with E-state index in [4.69, 9.17) is 5.26 Å². The molecule has 2 heterocycles. The summed E-state index contributed by atoms with van der Waals surface area (Å²) in [5.41, 5.74) is 3.58. The number of fused-ring (bicyclic) bond motifs is 1. The molecule has 0 spiro atoms. The minimum atomic E-state index is 0.329. The molecule has 0 atom stereocenters. The van der Waals surface area contributed by atoms with Crippen LogP contribution in [0.2, 0.25) is 0 Å². The molecule has 0 radical (unpaired) electrons. The lowest BCUT2D eigenvalue weighted by Gasteiger charge is -2.06. The number of hydrogen-bond donors (Lipinski definition) is 0. The molecule has 4 heteroatoms. The van der Waals surface area contributed by atoms with Crippen LogP contribution in [0, 0.1) is 18.3 Å². The second-order valence-electron chi connectivity index (χ2n) is 3.87. The number of aryl methyl sites for hydroxylation is 1. The first-order chi connectivity index (χ1) is 7.15. The summed E-state index contributed by atoms with van der Waals surface area (Å²) in [5, 5.41) is 13.0. The van der Waals surface area contributed by atoms with Gasteiger partial charge in [-0.15, -0.1) is 0 Å². The fourth-order valence-corrected chi connectivity index (χ4v) is 1.72. The van der Waals surface area contributed by atoms with Gasteiger partial charge in [-0.25, -0.2) is 9.50 Å². The predicted octanol–water partition coefficient (Wildman–Crippen LogP) is 2.03. The maximum absolute atomic E-state index is 8.94. The highest BCUT2D eigenvalue weighted by Crippen LogP contribution is 2.23. The molecule has 15 heavy (non-hydrogen) atoms. The summed E-state index contributed by atoms with van der Waals surface area (Å²) < 4.78 is 1.73. The van der Waals surface area contributed by atoms with E-state index in [1.54, 1.807) is 10.7 Å². The van der Waals surface area contributed by atoms with E-state index in [-0.39, 0.29) is 0 Å². The topological polar surface area (TPSA) is 54.0 Å². The van der Waals surface area contributed by atoms with Crippen LogP contribution < -0.4 is 0 Å². The number of nitrogens with zero attached hydrogens (tertiary/aromatic N) is 4. The van der Waals surface area contributed by atoms with Gasteiger partial charge in [0.25, 0.3) is 0 Å². The highest BCUT2D eigenvalue weighted by Gasteiger charge is 2.13. The monoisotopic (exact) mass is 200 g/mol. The second-order valence-corrected chi connectivity index (χ2v) is 3.87. The van der Waals surface area contributed by atoms with Crippen LogP contribution in [-0.2, 0) is 0 Å². The van der Waals surface area contributed by atoms with Gasteiger partial charge in [-0.1, -0.05) is 13.8 Å². The Morgan fingerprint density at radius 3 is 2.80 bits per heavy atom. The molecule has 0 saturated heterocycles. The van der Waals surface area contributed by atoms with Crippen LogP contribution >= 0.6 is 0 Å². The Hall–Kier alpha value is -1.89. The maximum atomic E-state index is 8.94. The molecular formula is C11H12N4. The second kappa shape index (κ2) is 3.35. The minimum absolute atomic E-state index is 0.329. The molecule has 0 aliphatic rings. The molecule has 0 unspecified atom stereocenters. The van der Waals surface area contributed by atoms with E-state index in [2.05, 4.69) is 30.0 Å². The molecule has 0 amide bonds. The summed E-state index contributed by atoms with van der Waals surface area (Å²) in [6.45, 7) is 6.10. The molecule has 2 aromatic rings. The molecule has 0 aliphatic carbocycles. The highest BCUT2D eigenvalue weighted by atomic mass is 15.2. The van der Waals surface area contributed by atoms with E-state index in [9.17, 15) is 0 Å². The van der Waals surface area contributed by atoms with Crippen molar-refractivity contribution in [2.75, 3.05) is 0 Å². The molecule has 2 aromatic heterocycles. The van der Waals surface area contributed by atoms with Crippen molar-refractivity contribution in [3.8, 4) is 6.07 Å². The van der Waals surface area contributed by atoms with Crippen molar-refractivity contribution in [2.45, 2.75) is 26.7 Å². The Labute approximate surface area is 88.2 Å². The van der Waals surface area contributed by atoms with Gasteiger partial charge in [0.1, 0.15) is 12.4 Å². The third-order valence-electron chi connectivity index (χ3n) is 2.52. The molecule has 0 fully saturated rings. The van der Waals surface area contributed by atoms with Crippen LogP contribution in [0.25, 0.3) is 5.52 Å². The van der Waals surface area contributed by atoms with Crippen molar-refractivity contribution < 1.29 is 0 Å². The lowest BCUT2D eigenvalue weighted by Crippen LogP contribution is -2.00. The Morgan fingerprint density at radius 1 is 1.47 bits per heavy atom. The Kier molecular flexibility index (Phi) is 2.16. The van der Waals surface area contributed by atoms with Crippen LogP contribution in [-0.4, -0.2) is 14.6 Å². The van der Waals surface area contributed by atoms with E-state index in [0.717, 1.165) is 16.8 Å². The zero-order valence-electron chi connectivity index (χ0n) is 9.02. The van der Waals surface area contributed by atoms with Gasteiger partial charge in [0.2, 0.25) is 0 Å². The lowest BCUT2D eigenvalue weighted by atomic mass is 10.1. The standard InChI is InChI=1S/C11H12N4/c1-7(2)10-11-8(3)9(4-12)5-15(11)14-6-13-10/h5-7H,1-3H3. The fraction of sp³-hybridized carbons (Fsp3) is 0.364. The average molecular weight is 200 g/mol. The molecule has 76 valence electrons. The van der Waals surface area contributed by atoms with E-state index < -0.39 is 0 Å². The SMILES string of the molecule is Cc1c(C#N)cn2ncnc(C(C)C)c12. The van der Waals surface area contributed by atoms with E-state index in [0.29, 0.717) is 11.5 Å². The van der Waals surface area contributed by atoms with E-state index in [1.165, 1.54) is 6.33 Å². The van der Waals surface area contributed by atoms with Crippen molar-refractivity contribution in [3.63, 3.8) is 0 Å². The third kappa shape index (κ3) is 1.37. The Bertz CT molecular complexity index is 545. The number of nitriles is 1. The van der Waals surface area contributed by atoms with Gasteiger partial charge in [0.15, 0.2) is 0 Å². The van der Waals surface area contributed by atoms with Crippen LogP contribution in [0.15, 0.2) is 12.5 Å². The summed E-state index contributed by atoms with van der Waals surface area (Å²) in [5.74, 6) is 0.329. The van der Waals surface area contributed by atoms with Crippen LogP contribution in [0.5, 0.6) is 0 Å². The predicted molar refractivity (Wildman–Crippen MR) is 56.5 cm³/mol. The van der Waals surface area contributed by atoms with Crippen LogP contribution in [0.4, 0.5) is 0 Å². The largest absolute Gasteiger partial charge is 0.237 e. The molecular weight excluding hydrogens is 188 g/mol. The third-order valence-corrected chi connectivity index (χ3v) is 2.52. The fourth-order valence-electron chi connectivity index (χ4n) is 1.72. The molecule has 2 rings (SSSR count).